The minimum absolute atomic E-state index is 0.0266. The van der Waals surface area contributed by atoms with E-state index in [1.165, 1.54) is 0 Å². The maximum atomic E-state index is 11.4. The van der Waals surface area contributed by atoms with E-state index < -0.39 is 161 Å². The molecule has 52 heavy (non-hydrogen) atoms. The third-order valence-corrected chi connectivity index (χ3v) is 10.3. The van der Waals surface area contributed by atoms with E-state index in [0.717, 1.165) is 0 Å². The van der Waals surface area contributed by atoms with Crippen LogP contribution in [0.15, 0.2) is 0 Å². The molecule has 0 spiro atoms. The highest BCUT2D eigenvalue weighted by Crippen LogP contribution is 2.35. The van der Waals surface area contributed by atoms with Crippen molar-refractivity contribution in [2.75, 3.05) is 26.4 Å². The number of rotatable bonds is 12. The molecule has 304 valence electrons. The first kappa shape index (κ1) is 42.2. The topological polar surface area (TPSA) is 406 Å². The third kappa shape index (κ3) is 8.57. The van der Waals surface area contributed by atoms with Crippen LogP contribution in [0, 0.1) is 0 Å². The van der Waals surface area contributed by atoms with Gasteiger partial charge in [0.2, 0.25) is 0 Å². The third-order valence-electron chi connectivity index (χ3n) is 10.3. The van der Waals surface area contributed by atoms with Crippen molar-refractivity contribution < 1.29 is 89.0 Å². The number of aliphatic hydroxyl groups excluding tert-OH is 10. The Morgan fingerprint density at radius 3 is 1.60 bits per heavy atom. The highest BCUT2D eigenvalue weighted by atomic mass is 16.8. The van der Waals surface area contributed by atoms with Gasteiger partial charge in [0.1, 0.15) is 79.4 Å². The Labute approximate surface area is 297 Å². The number of nitrogens with two attached hydrogens (primary N) is 5. The highest BCUT2D eigenvalue weighted by molar-refractivity contribution is 5.02. The van der Waals surface area contributed by atoms with Gasteiger partial charge in [0.15, 0.2) is 25.2 Å². The van der Waals surface area contributed by atoms with Crippen molar-refractivity contribution in [2.24, 2.45) is 28.7 Å². The maximum Gasteiger partial charge on any atom is 0.187 e. The Bertz CT molecular complexity index is 1120. The molecule has 0 aromatic rings. The van der Waals surface area contributed by atoms with Crippen LogP contribution in [0.2, 0.25) is 0 Å². The predicted molar refractivity (Wildman–Crippen MR) is 168 cm³/mol. The molecular formula is C29H55N5O18. The monoisotopic (exact) mass is 761 g/mol. The number of aliphatic hydroxyl groups is 10. The van der Waals surface area contributed by atoms with Gasteiger partial charge in [0.25, 0.3) is 0 Å². The van der Waals surface area contributed by atoms with E-state index in [1.807, 2.05) is 0 Å². The Kier molecular flexibility index (Phi) is 14.5. The van der Waals surface area contributed by atoms with E-state index >= 15 is 0 Å². The van der Waals surface area contributed by atoms with Gasteiger partial charge in [0.05, 0.1) is 44.1 Å². The molecular weight excluding hydrogens is 706 g/mol. The van der Waals surface area contributed by atoms with Gasteiger partial charge in [-0.15, -0.1) is 0 Å². The second-order valence-electron chi connectivity index (χ2n) is 13.9. The fraction of sp³-hybridized carbons (Fsp3) is 1.00. The number of hydrogen-bond donors (Lipinski definition) is 15. The lowest BCUT2D eigenvalue weighted by atomic mass is 9.84. The lowest BCUT2D eigenvalue weighted by Gasteiger charge is -2.47. The first-order valence-electron chi connectivity index (χ1n) is 17.2. The fourth-order valence-electron chi connectivity index (χ4n) is 7.16. The summed E-state index contributed by atoms with van der Waals surface area (Å²) >= 11 is 0. The summed E-state index contributed by atoms with van der Waals surface area (Å²) in [7, 11) is 0. The molecule has 0 amide bonds. The number of hydrogen-bond acceptors (Lipinski definition) is 23. The molecule has 5 aliphatic rings. The average Bonchev–Trinajstić information content (AvgIpc) is 3.41. The van der Waals surface area contributed by atoms with Crippen LogP contribution in [0.5, 0.6) is 0 Å². The Hall–Kier alpha value is -0.920. The smallest absolute Gasteiger partial charge is 0.187 e. The van der Waals surface area contributed by atoms with Gasteiger partial charge in [0, 0.05) is 18.6 Å². The summed E-state index contributed by atoms with van der Waals surface area (Å²) in [4.78, 5) is 0. The van der Waals surface area contributed by atoms with Crippen molar-refractivity contribution in [1.82, 2.24) is 0 Å². The van der Waals surface area contributed by atoms with Gasteiger partial charge in [-0.25, -0.2) is 0 Å². The van der Waals surface area contributed by atoms with Crippen molar-refractivity contribution in [1.29, 1.82) is 0 Å². The zero-order valence-electron chi connectivity index (χ0n) is 28.1. The van der Waals surface area contributed by atoms with Gasteiger partial charge in [-0.1, -0.05) is 0 Å². The van der Waals surface area contributed by atoms with Gasteiger partial charge in [-0.3, -0.25) is 0 Å². The first-order chi connectivity index (χ1) is 24.6. The maximum absolute atomic E-state index is 11.4. The Balaban J connectivity index is 1.26. The van der Waals surface area contributed by atoms with Crippen LogP contribution in [0.25, 0.3) is 0 Å². The largest absolute Gasteiger partial charge is 0.394 e. The van der Waals surface area contributed by atoms with E-state index in [-0.39, 0.29) is 19.4 Å². The lowest BCUT2D eigenvalue weighted by molar-refractivity contribution is -0.348. The molecule has 23 nitrogen and oxygen atoms in total. The van der Waals surface area contributed by atoms with Crippen molar-refractivity contribution in [3.63, 3.8) is 0 Å². The lowest BCUT2D eigenvalue weighted by Crippen LogP contribution is -2.67. The van der Waals surface area contributed by atoms with E-state index in [9.17, 15) is 51.1 Å². The van der Waals surface area contributed by atoms with Crippen LogP contribution in [-0.2, 0) is 37.9 Å². The normalized spacial score (nSPS) is 53.2. The van der Waals surface area contributed by atoms with Gasteiger partial charge in [-0.2, -0.15) is 0 Å². The van der Waals surface area contributed by atoms with Crippen LogP contribution >= 0.6 is 0 Å². The molecule has 0 aromatic heterocycles. The summed E-state index contributed by atoms with van der Waals surface area (Å²) in [5, 5.41) is 104. The van der Waals surface area contributed by atoms with Crippen molar-refractivity contribution in [3.05, 3.63) is 0 Å². The summed E-state index contributed by atoms with van der Waals surface area (Å²) in [6.07, 6.45) is -26.9. The SMILES string of the molecule is NC[C@@H]1O[C@H](O[C@H]2[C@@H](O)[C@@H](O[C@@H]3[C@H](O)[C@H](N)C[C@H](N)[C@@H]3O[C@@H]3O[C@H](CO)[C@@H](O)C[C@@H]3N)O[C@H]2CO)[C@H](N)[C@H](O)[C@H]1O[C@H]1O[C@@H](CO)[C@H](O)[C@@H](O)[C@@H]1O. The predicted octanol–water partition coefficient (Wildman–Crippen LogP) is -10.0. The van der Waals surface area contributed by atoms with E-state index in [4.69, 9.17) is 66.6 Å². The minimum Gasteiger partial charge on any atom is -0.394 e. The summed E-state index contributed by atoms with van der Waals surface area (Å²) < 4.78 is 46.4. The fourth-order valence-corrected chi connectivity index (χ4v) is 7.16. The first-order valence-corrected chi connectivity index (χ1v) is 17.2. The van der Waals surface area contributed by atoms with E-state index in [0.29, 0.717) is 0 Å². The standard InChI is InChI=1S/C29H55N5O18/c30-3-11-23(51-28-20(43)19(42)17(40)13(5-36)47-28)18(41)15(34)27(45-11)50-24-14(6-37)48-29(21(24)44)52-25-16(39)7(31)1-8(32)22(25)49-26-9(33)2-10(38)12(4-35)46-26/h7-29,35-44H,1-6,30-34H2/t7-,8+,9+,10+,11+,12-,13+,14+,15-,16-,17+,18+,19-,20+,21-,22+,23+,24-,25-,26+,27-,28-,29-/m1/s1. The molecule has 1 saturated carbocycles. The van der Waals surface area contributed by atoms with Crippen LogP contribution in [0.4, 0.5) is 0 Å². The van der Waals surface area contributed by atoms with Crippen molar-refractivity contribution in [2.45, 2.75) is 154 Å². The Morgan fingerprint density at radius 1 is 0.442 bits per heavy atom. The average molecular weight is 762 g/mol. The zero-order valence-corrected chi connectivity index (χ0v) is 28.1. The highest BCUT2D eigenvalue weighted by Gasteiger charge is 2.55. The molecule has 4 heterocycles. The summed E-state index contributed by atoms with van der Waals surface area (Å²) in [5.74, 6) is 0. The van der Waals surface area contributed by atoms with Crippen molar-refractivity contribution in [3.8, 4) is 0 Å². The second-order valence-corrected chi connectivity index (χ2v) is 13.9. The molecule has 0 unspecified atom stereocenters. The van der Waals surface area contributed by atoms with Gasteiger partial charge >= 0.3 is 0 Å². The van der Waals surface area contributed by atoms with Gasteiger partial charge in [-0.05, 0) is 12.8 Å². The quantitative estimate of drug-likeness (QED) is 0.0877. The molecule has 23 atom stereocenters. The zero-order chi connectivity index (χ0) is 38.2. The minimum atomic E-state index is -1.80. The van der Waals surface area contributed by atoms with Crippen LogP contribution in [0.1, 0.15) is 12.8 Å². The summed E-state index contributed by atoms with van der Waals surface area (Å²) in [6.45, 7) is -2.26. The molecule has 23 heteroatoms. The van der Waals surface area contributed by atoms with E-state index in [1.54, 1.807) is 0 Å². The van der Waals surface area contributed by atoms with Crippen LogP contribution in [0.3, 0.4) is 0 Å². The molecule has 4 saturated heterocycles. The molecule has 0 bridgehead atoms. The molecule has 1 aliphatic carbocycles. The molecule has 4 aliphatic heterocycles. The number of ether oxygens (including phenoxy) is 8. The Morgan fingerprint density at radius 2 is 0.962 bits per heavy atom. The summed E-state index contributed by atoms with van der Waals surface area (Å²) in [6, 6.07) is -4.01. The van der Waals surface area contributed by atoms with E-state index in [2.05, 4.69) is 0 Å². The molecule has 20 N–H and O–H groups in total. The molecule has 0 radical (unpaired) electrons. The molecule has 5 rings (SSSR count). The van der Waals surface area contributed by atoms with Gasteiger partial charge < -0.3 is 118 Å². The summed E-state index contributed by atoms with van der Waals surface area (Å²) in [5.41, 5.74) is 30.8. The van der Waals surface area contributed by atoms with Crippen LogP contribution in [-0.4, -0.2) is 218 Å². The molecule has 0 aromatic carbocycles. The van der Waals surface area contributed by atoms with Crippen molar-refractivity contribution >= 4 is 0 Å². The second kappa shape index (κ2) is 17.9. The molecule has 5 fully saturated rings. The van der Waals surface area contributed by atoms with Crippen LogP contribution < -0.4 is 28.7 Å².